The predicted molar refractivity (Wildman–Crippen MR) is 116 cm³/mol. The Labute approximate surface area is 183 Å². The second-order valence-corrected chi connectivity index (χ2v) is 8.61. The molecule has 160 valence electrons. The molecule has 1 saturated heterocycles. The first-order valence-electron chi connectivity index (χ1n) is 9.87. The van der Waals surface area contributed by atoms with Crippen LogP contribution in [0.25, 0.3) is 10.2 Å². The van der Waals surface area contributed by atoms with Gasteiger partial charge in [0, 0.05) is 0 Å². The molecule has 31 heavy (non-hydrogen) atoms. The zero-order valence-electron chi connectivity index (χ0n) is 17.0. The molecule has 0 spiro atoms. The van der Waals surface area contributed by atoms with Gasteiger partial charge in [0.1, 0.15) is 17.2 Å². The number of hydrogen-bond donors (Lipinski definition) is 2. The average Bonchev–Trinajstić information content (AvgIpc) is 3.27. The maximum Gasteiger partial charge on any atom is 0.344 e. The fourth-order valence-corrected chi connectivity index (χ4v) is 4.27. The highest BCUT2D eigenvalue weighted by atomic mass is 32.1. The third-order valence-corrected chi connectivity index (χ3v) is 6.06. The zero-order valence-corrected chi connectivity index (χ0v) is 17.8. The minimum atomic E-state index is -1.08. The standard InChI is InChI=1S/C22H22N4O4S/c1-22(12-11-15-7-3-2-4-8-15)20(28)26(21(29)24-22)25-18(27)13-30-14-19-23-16-9-5-6-10-17(16)31-19/h2-10H,11-14H2,1H3,(H,24,29)(H,25,27). The maximum absolute atomic E-state index is 12.8. The number of thiazole rings is 1. The van der Waals surface area contributed by atoms with Crippen LogP contribution in [0.5, 0.6) is 0 Å². The van der Waals surface area contributed by atoms with Crippen LogP contribution >= 0.6 is 11.3 Å². The van der Waals surface area contributed by atoms with Gasteiger partial charge in [0.25, 0.3) is 11.8 Å². The smallest absolute Gasteiger partial charge is 0.344 e. The number of nitrogens with zero attached hydrogens (tertiary/aromatic N) is 2. The van der Waals surface area contributed by atoms with E-state index >= 15 is 0 Å². The number of ether oxygens (including phenoxy) is 1. The van der Waals surface area contributed by atoms with E-state index in [9.17, 15) is 14.4 Å². The first-order valence-corrected chi connectivity index (χ1v) is 10.7. The highest BCUT2D eigenvalue weighted by molar-refractivity contribution is 7.18. The van der Waals surface area contributed by atoms with E-state index in [2.05, 4.69) is 15.7 Å². The van der Waals surface area contributed by atoms with E-state index < -0.39 is 23.4 Å². The monoisotopic (exact) mass is 438 g/mol. The Balaban J connectivity index is 1.28. The van der Waals surface area contributed by atoms with E-state index in [1.54, 1.807) is 6.92 Å². The van der Waals surface area contributed by atoms with Crippen molar-refractivity contribution >= 4 is 39.4 Å². The second kappa shape index (κ2) is 8.83. The van der Waals surface area contributed by atoms with E-state index in [0.29, 0.717) is 12.8 Å². The Morgan fingerprint density at radius 3 is 2.68 bits per heavy atom. The van der Waals surface area contributed by atoms with Gasteiger partial charge in [-0.1, -0.05) is 42.5 Å². The zero-order chi connectivity index (χ0) is 21.8. The number of para-hydroxylation sites is 1. The predicted octanol–water partition coefficient (Wildman–Crippen LogP) is 2.79. The lowest BCUT2D eigenvalue weighted by Gasteiger charge is -2.21. The molecule has 1 aliphatic heterocycles. The lowest BCUT2D eigenvalue weighted by Crippen LogP contribution is -2.49. The molecule has 8 nitrogen and oxygen atoms in total. The molecule has 3 aromatic rings. The molecule has 4 rings (SSSR count). The Morgan fingerprint density at radius 2 is 1.90 bits per heavy atom. The molecule has 9 heteroatoms. The largest absolute Gasteiger partial charge is 0.364 e. The van der Waals surface area contributed by atoms with Gasteiger partial charge in [-0.15, -0.1) is 11.3 Å². The number of imide groups is 1. The van der Waals surface area contributed by atoms with Crippen LogP contribution < -0.4 is 10.7 Å². The summed E-state index contributed by atoms with van der Waals surface area (Å²) in [6.07, 6.45) is 1.04. The SMILES string of the molecule is CC1(CCc2ccccc2)NC(=O)N(NC(=O)COCc2nc3ccccc3s2)C1=O. The lowest BCUT2D eigenvalue weighted by atomic mass is 9.93. The van der Waals surface area contributed by atoms with Crippen molar-refractivity contribution in [3.05, 3.63) is 65.2 Å². The number of nitrogens with one attached hydrogen (secondary N) is 2. The van der Waals surface area contributed by atoms with Crippen molar-refractivity contribution in [2.24, 2.45) is 0 Å². The maximum atomic E-state index is 12.8. The third kappa shape index (κ3) is 4.73. The summed E-state index contributed by atoms with van der Waals surface area (Å²) >= 11 is 1.49. The summed E-state index contributed by atoms with van der Waals surface area (Å²) in [5, 5.41) is 4.15. The topological polar surface area (TPSA) is 101 Å². The van der Waals surface area contributed by atoms with Gasteiger partial charge < -0.3 is 10.1 Å². The van der Waals surface area contributed by atoms with Crippen LogP contribution in [0.2, 0.25) is 0 Å². The van der Waals surface area contributed by atoms with E-state index in [1.165, 1.54) is 11.3 Å². The molecule has 2 N–H and O–H groups in total. The number of urea groups is 1. The van der Waals surface area contributed by atoms with Gasteiger partial charge in [0.2, 0.25) is 0 Å². The minimum Gasteiger partial charge on any atom is -0.364 e. The molecule has 2 aromatic carbocycles. The number of amides is 4. The van der Waals surface area contributed by atoms with Gasteiger partial charge in [-0.25, -0.2) is 9.78 Å². The molecule has 1 aromatic heterocycles. The van der Waals surface area contributed by atoms with Crippen molar-refractivity contribution in [1.82, 2.24) is 20.7 Å². The molecule has 0 bridgehead atoms. The number of carbonyl (C=O) groups is 3. The first kappa shape index (κ1) is 21.0. The fourth-order valence-electron chi connectivity index (χ4n) is 3.36. The number of rotatable bonds is 8. The van der Waals surface area contributed by atoms with Gasteiger partial charge >= 0.3 is 6.03 Å². The quantitative estimate of drug-likeness (QED) is 0.527. The molecule has 4 amide bonds. The second-order valence-electron chi connectivity index (χ2n) is 7.49. The number of carbonyl (C=O) groups excluding carboxylic acids is 3. The van der Waals surface area contributed by atoms with Crippen LogP contribution in [0.4, 0.5) is 4.79 Å². The van der Waals surface area contributed by atoms with Crippen molar-refractivity contribution in [2.75, 3.05) is 6.61 Å². The normalized spacial score (nSPS) is 18.4. The van der Waals surface area contributed by atoms with Crippen molar-refractivity contribution in [3.63, 3.8) is 0 Å². The molecule has 1 fully saturated rings. The summed E-state index contributed by atoms with van der Waals surface area (Å²) in [7, 11) is 0. The Bertz CT molecular complexity index is 1080. The van der Waals surface area contributed by atoms with Gasteiger partial charge in [-0.3, -0.25) is 15.0 Å². The van der Waals surface area contributed by atoms with Crippen molar-refractivity contribution in [1.29, 1.82) is 0 Å². The molecule has 1 atom stereocenters. The van der Waals surface area contributed by atoms with E-state index in [0.717, 1.165) is 25.8 Å². The summed E-state index contributed by atoms with van der Waals surface area (Å²) in [6.45, 7) is 1.53. The lowest BCUT2D eigenvalue weighted by molar-refractivity contribution is -0.140. The van der Waals surface area contributed by atoms with Crippen LogP contribution in [0.3, 0.4) is 0 Å². The molecule has 0 radical (unpaired) electrons. The highest BCUT2D eigenvalue weighted by Crippen LogP contribution is 2.23. The van der Waals surface area contributed by atoms with Gasteiger partial charge in [-0.05, 0) is 37.5 Å². The third-order valence-electron chi connectivity index (χ3n) is 5.05. The summed E-state index contributed by atoms with van der Waals surface area (Å²) in [4.78, 5) is 41.7. The van der Waals surface area contributed by atoms with Crippen LogP contribution in [0.15, 0.2) is 54.6 Å². The van der Waals surface area contributed by atoms with E-state index in [-0.39, 0.29) is 13.2 Å². The molecule has 2 heterocycles. The summed E-state index contributed by atoms with van der Waals surface area (Å²) in [5.41, 5.74) is 3.20. The number of benzene rings is 2. The van der Waals surface area contributed by atoms with Crippen LogP contribution in [-0.4, -0.2) is 40.0 Å². The molecule has 0 aliphatic carbocycles. The van der Waals surface area contributed by atoms with Crippen LogP contribution in [0.1, 0.15) is 23.9 Å². The summed E-state index contributed by atoms with van der Waals surface area (Å²) in [6, 6.07) is 16.8. The summed E-state index contributed by atoms with van der Waals surface area (Å²) < 4.78 is 6.46. The Morgan fingerprint density at radius 1 is 1.16 bits per heavy atom. The molecule has 1 unspecified atom stereocenters. The van der Waals surface area contributed by atoms with Gasteiger partial charge in [0.15, 0.2) is 0 Å². The van der Waals surface area contributed by atoms with Crippen molar-refractivity contribution < 1.29 is 19.1 Å². The number of hydrogen-bond acceptors (Lipinski definition) is 6. The molecular formula is C22H22N4O4S. The first-order chi connectivity index (χ1) is 14.9. The van der Waals surface area contributed by atoms with Gasteiger partial charge in [0.05, 0.1) is 16.8 Å². The minimum absolute atomic E-state index is 0.168. The number of aryl methyl sites for hydroxylation is 1. The van der Waals surface area contributed by atoms with E-state index in [4.69, 9.17) is 4.74 Å². The molecule has 1 aliphatic rings. The van der Waals surface area contributed by atoms with Crippen LogP contribution in [-0.2, 0) is 27.4 Å². The summed E-state index contributed by atoms with van der Waals surface area (Å²) in [5.74, 6) is -1.08. The number of fused-ring (bicyclic) bond motifs is 1. The number of aromatic nitrogens is 1. The Kier molecular flexibility index (Phi) is 5.97. The highest BCUT2D eigenvalue weighted by Gasteiger charge is 2.48. The molecule has 0 saturated carbocycles. The van der Waals surface area contributed by atoms with Crippen molar-refractivity contribution in [2.45, 2.75) is 31.9 Å². The average molecular weight is 439 g/mol. The van der Waals surface area contributed by atoms with Crippen LogP contribution in [0, 0.1) is 0 Å². The fraction of sp³-hybridized carbons (Fsp3) is 0.273. The van der Waals surface area contributed by atoms with Crippen molar-refractivity contribution in [3.8, 4) is 0 Å². The molecular weight excluding hydrogens is 416 g/mol. The van der Waals surface area contributed by atoms with Gasteiger partial charge in [-0.2, -0.15) is 5.01 Å². The van der Waals surface area contributed by atoms with E-state index in [1.807, 2.05) is 54.6 Å². The Hall–Kier alpha value is -3.30. The number of hydrazine groups is 1.